The van der Waals surface area contributed by atoms with Gasteiger partial charge in [-0.15, -0.1) is 0 Å². The molecule has 0 radical (unpaired) electrons. The van der Waals surface area contributed by atoms with Gasteiger partial charge in [0.2, 0.25) is 0 Å². The zero-order valence-corrected chi connectivity index (χ0v) is 13.0. The summed E-state index contributed by atoms with van der Waals surface area (Å²) in [5.41, 5.74) is 5.91. The minimum absolute atomic E-state index is 1.17. The number of anilines is 1. The summed E-state index contributed by atoms with van der Waals surface area (Å²) in [6.45, 7) is 8.18. The van der Waals surface area contributed by atoms with Crippen molar-refractivity contribution in [2.75, 3.05) is 38.6 Å². The van der Waals surface area contributed by atoms with Crippen molar-refractivity contribution in [3.05, 3.63) is 28.8 Å². The summed E-state index contributed by atoms with van der Waals surface area (Å²) in [4.78, 5) is 4.81. The molecule has 1 aliphatic heterocycles. The van der Waals surface area contributed by atoms with Crippen LogP contribution >= 0.6 is 0 Å². The van der Waals surface area contributed by atoms with Gasteiger partial charge in [-0.25, -0.2) is 0 Å². The third-order valence-electron chi connectivity index (χ3n) is 4.15. The topological polar surface area (TPSA) is 6.48 Å². The highest BCUT2D eigenvalue weighted by molar-refractivity contribution is 5.57. The average molecular weight is 260 g/mol. The summed E-state index contributed by atoms with van der Waals surface area (Å²) >= 11 is 0. The smallest absolute Gasteiger partial charge is 0.0398 e. The van der Waals surface area contributed by atoms with Gasteiger partial charge in [0.1, 0.15) is 0 Å². The normalized spacial score (nSPS) is 15.5. The van der Waals surface area contributed by atoms with Crippen LogP contribution in [0, 0.1) is 13.8 Å². The zero-order valence-electron chi connectivity index (χ0n) is 13.0. The van der Waals surface area contributed by atoms with E-state index in [9.17, 15) is 0 Å². The predicted molar refractivity (Wildman–Crippen MR) is 84.2 cm³/mol. The van der Waals surface area contributed by atoms with Gasteiger partial charge in [-0.2, -0.15) is 0 Å². The Bertz CT molecular complexity index is 418. The van der Waals surface area contributed by atoms with Crippen molar-refractivity contribution < 1.29 is 0 Å². The molecule has 1 fully saturated rings. The Morgan fingerprint density at radius 1 is 1.05 bits per heavy atom. The molecule has 0 spiro atoms. The molecule has 0 atom stereocenters. The van der Waals surface area contributed by atoms with Gasteiger partial charge in [0.25, 0.3) is 0 Å². The van der Waals surface area contributed by atoms with Gasteiger partial charge in [-0.1, -0.05) is 6.07 Å². The van der Waals surface area contributed by atoms with Crippen LogP contribution < -0.4 is 4.90 Å². The van der Waals surface area contributed by atoms with E-state index in [-0.39, 0.29) is 0 Å². The van der Waals surface area contributed by atoms with Crippen molar-refractivity contribution in [3.63, 3.8) is 0 Å². The third-order valence-corrected chi connectivity index (χ3v) is 4.15. The Labute approximate surface area is 118 Å². The summed E-state index contributed by atoms with van der Waals surface area (Å²) in [6.07, 6.45) is 5.15. The van der Waals surface area contributed by atoms with Crippen LogP contribution in [0.1, 0.15) is 36.0 Å². The third kappa shape index (κ3) is 3.73. The van der Waals surface area contributed by atoms with E-state index in [0.29, 0.717) is 0 Å². The second kappa shape index (κ2) is 6.42. The predicted octanol–water partition coefficient (Wildman–Crippen LogP) is 3.40. The molecule has 0 saturated carbocycles. The van der Waals surface area contributed by atoms with E-state index in [1.807, 2.05) is 0 Å². The first-order chi connectivity index (χ1) is 9.08. The van der Waals surface area contributed by atoms with E-state index >= 15 is 0 Å². The summed E-state index contributed by atoms with van der Waals surface area (Å²) < 4.78 is 0. The Balaban J connectivity index is 2.07. The lowest BCUT2D eigenvalue weighted by molar-refractivity contribution is 0.400. The number of rotatable bonds is 5. The maximum Gasteiger partial charge on any atom is 0.0398 e. The first kappa shape index (κ1) is 14.4. The van der Waals surface area contributed by atoms with Crippen molar-refractivity contribution in [1.29, 1.82) is 0 Å². The lowest BCUT2D eigenvalue weighted by Crippen LogP contribution is -2.19. The van der Waals surface area contributed by atoms with Crippen molar-refractivity contribution >= 4 is 5.69 Å². The summed E-state index contributed by atoms with van der Waals surface area (Å²) in [5.74, 6) is 0. The molecule has 1 saturated heterocycles. The monoisotopic (exact) mass is 260 g/mol. The summed E-state index contributed by atoms with van der Waals surface area (Å²) in [5, 5.41) is 0. The van der Waals surface area contributed by atoms with E-state index in [4.69, 9.17) is 0 Å². The van der Waals surface area contributed by atoms with Crippen LogP contribution in [-0.4, -0.2) is 38.6 Å². The largest absolute Gasteiger partial charge is 0.371 e. The molecule has 1 aromatic carbocycles. The second-order valence-corrected chi connectivity index (χ2v) is 6.17. The molecule has 0 bridgehead atoms. The van der Waals surface area contributed by atoms with E-state index in [1.165, 1.54) is 67.7 Å². The summed E-state index contributed by atoms with van der Waals surface area (Å²) in [7, 11) is 4.29. The molecule has 19 heavy (non-hydrogen) atoms. The standard InChI is InChI=1S/C17H28N2/c1-14-13-17(19-10-5-6-11-19)15(2)12-16(14)8-7-9-18(3)4/h12-13H,5-11H2,1-4H3. The highest BCUT2D eigenvalue weighted by atomic mass is 15.1. The van der Waals surface area contributed by atoms with Crippen LogP contribution in [0.3, 0.4) is 0 Å². The molecule has 1 aliphatic rings. The van der Waals surface area contributed by atoms with E-state index in [2.05, 4.69) is 49.9 Å². The van der Waals surface area contributed by atoms with E-state index in [0.717, 1.165) is 0 Å². The first-order valence-electron chi connectivity index (χ1n) is 7.57. The van der Waals surface area contributed by atoms with Crippen LogP contribution in [0.2, 0.25) is 0 Å². The molecule has 2 rings (SSSR count). The lowest BCUT2D eigenvalue weighted by Gasteiger charge is -2.22. The molecule has 106 valence electrons. The maximum absolute atomic E-state index is 2.55. The van der Waals surface area contributed by atoms with Crippen LogP contribution in [-0.2, 0) is 6.42 Å². The number of nitrogens with zero attached hydrogens (tertiary/aromatic N) is 2. The minimum Gasteiger partial charge on any atom is -0.371 e. The van der Waals surface area contributed by atoms with Gasteiger partial charge in [-0.3, -0.25) is 0 Å². The molecular formula is C17H28N2. The molecule has 0 N–H and O–H groups in total. The van der Waals surface area contributed by atoms with Crippen LogP contribution in [0.4, 0.5) is 5.69 Å². The average Bonchev–Trinajstić information content (AvgIpc) is 2.86. The van der Waals surface area contributed by atoms with E-state index in [1.54, 1.807) is 0 Å². The Hall–Kier alpha value is -1.02. The van der Waals surface area contributed by atoms with Crippen LogP contribution in [0.5, 0.6) is 0 Å². The molecule has 1 aromatic rings. The molecule has 2 heteroatoms. The van der Waals surface area contributed by atoms with Crippen molar-refractivity contribution in [3.8, 4) is 0 Å². The molecule has 0 amide bonds. The van der Waals surface area contributed by atoms with Crippen LogP contribution in [0.15, 0.2) is 12.1 Å². The highest BCUT2D eigenvalue weighted by Gasteiger charge is 2.15. The fourth-order valence-corrected chi connectivity index (χ4v) is 3.01. The Morgan fingerprint density at radius 3 is 2.37 bits per heavy atom. The molecule has 0 aliphatic carbocycles. The molecule has 2 nitrogen and oxygen atoms in total. The van der Waals surface area contributed by atoms with Crippen molar-refractivity contribution in [1.82, 2.24) is 4.90 Å². The van der Waals surface area contributed by atoms with Gasteiger partial charge in [0.05, 0.1) is 0 Å². The second-order valence-electron chi connectivity index (χ2n) is 6.17. The van der Waals surface area contributed by atoms with Gasteiger partial charge >= 0.3 is 0 Å². The van der Waals surface area contributed by atoms with Gasteiger partial charge in [-0.05, 0) is 82.9 Å². The molecule has 1 heterocycles. The van der Waals surface area contributed by atoms with E-state index < -0.39 is 0 Å². The van der Waals surface area contributed by atoms with Crippen LogP contribution in [0.25, 0.3) is 0 Å². The molecular weight excluding hydrogens is 232 g/mol. The van der Waals surface area contributed by atoms with Crippen molar-refractivity contribution in [2.24, 2.45) is 0 Å². The highest BCUT2D eigenvalue weighted by Crippen LogP contribution is 2.27. The Kier molecular flexibility index (Phi) is 4.87. The number of benzene rings is 1. The Morgan fingerprint density at radius 2 is 1.74 bits per heavy atom. The van der Waals surface area contributed by atoms with Crippen molar-refractivity contribution in [2.45, 2.75) is 39.5 Å². The van der Waals surface area contributed by atoms with Gasteiger partial charge in [0, 0.05) is 18.8 Å². The number of aryl methyl sites for hydroxylation is 3. The summed E-state index contributed by atoms with van der Waals surface area (Å²) in [6, 6.07) is 4.82. The quantitative estimate of drug-likeness (QED) is 0.800. The molecule has 0 unspecified atom stereocenters. The van der Waals surface area contributed by atoms with Gasteiger partial charge in [0.15, 0.2) is 0 Å². The van der Waals surface area contributed by atoms with Gasteiger partial charge < -0.3 is 9.80 Å². The first-order valence-corrected chi connectivity index (χ1v) is 7.57. The maximum atomic E-state index is 2.55. The zero-order chi connectivity index (χ0) is 13.8. The fraction of sp³-hybridized carbons (Fsp3) is 0.647. The number of hydrogen-bond acceptors (Lipinski definition) is 2. The SMILES string of the molecule is Cc1cc(N2CCCC2)c(C)cc1CCCN(C)C. The fourth-order valence-electron chi connectivity index (χ4n) is 3.01. The minimum atomic E-state index is 1.17. The number of hydrogen-bond donors (Lipinski definition) is 0. The lowest BCUT2D eigenvalue weighted by atomic mass is 9.99. The molecule has 0 aromatic heterocycles.